The van der Waals surface area contributed by atoms with Crippen molar-refractivity contribution in [2.75, 3.05) is 19.8 Å². The van der Waals surface area contributed by atoms with Crippen molar-refractivity contribution in [3.63, 3.8) is 0 Å². The number of Topliss-reactive ketones (excluding diaryl/α,β-unsaturated/α-hetero) is 1. The first-order chi connectivity index (χ1) is 12.1. The Morgan fingerprint density at radius 3 is 2.96 bits per heavy atom. The summed E-state index contributed by atoms with van der Waals surface area (Å²) >= 11 is 0. The number of aliphatic hydroxyl groups excluding tert-OH is 1. The fraction of sp³-hybridized carbons (Fsp3) is 0.556. The van der Waals surface area contributed by atoms with E-state index in [0.29, 0.717) is 30.9 Å². The number of amides is 1. The van der Waals surface area contributed by atoms with Gasteiger partial charge in [0.2, 0.25) is 5.91 Å². The SMILES string of the molecule is CC(=O)c1cccc(OCC2CC(C(=O)N3CCC[C@H]3CO)NN2)c1. The third-order valence-electron chi connectivity index (χ3n) is 4.84. The molecule has 25 heavy (non-hydrogen) atoms. The van der Waals surface area contributed by atoms with E-state index < -0.39 is 0 Å². The van der Waals surface area contributed by atoms with Crippen LogP contribution in [-0.4, -0.2) is 59.6 Å². The molecule has 0 radical (unpaired) electrons. The van der Waals surface area contributed by atoms with E-state index in [1.54, 1.807) is 23.1 Å². The summed E-state index contributed by atoms with van der Waals surface area (Å²) in [5.74, 6) is 0.676. The van der Waals surface area contributed by atoms with Crippen LogP contribution in [0.5, 0.6) is 5.75 Å². The summed E-state index contributed by atoms with van der Waals surface area (Å²) in [5.41, 5.74) is 6.75. The van der Waals surface area contributed by atoms with Gasteiger partial charge in [-0.3, -0.25) is 15.0 Å². The Bertz CT molecular complexity index is 637. The minimum absolute atomic E-state index is 0.000759. The van der Waals surface area contributed by atoms with Crippen LogP contribution in [0.3, 0.4) is 0 Å². The lowest BCUT2D eigenvalue weighted by Crippen LogP contribution is -2.48. The molecule has 2 heterocycles. The van der Waals surface area contributed by atoms with Crippen LogP contribution in [0.4, 0.5) is 0 Å². The molecule has 2 unspecified atom stereocenters. The Balaban J connectivity index is 1.50. The molecule has 7 nitrogen and oxygen atoms in total. The molecule has 3 atom stereocenters. The van der Waals surface area contributed by atoms with E-state index in [9.17, 15) is 14.7 Å². The Morgan fingerprint density at radius 1 is 1.36 bits per heavy atom. The van der Waals surface area contributed by atoms with Crippen LogP contribution >= 0.6 is 0 Å². The lowest BCUT2D eigenvalue weighted by molar-refractivity contribution is -0.134. The predicted octanol–water partition coefficient (Wildman–Crippen LogP) is 0.486. The van der Waals surface area contributed by atoms with E-state index in [0.717, 1.165) is 12.8 Å². The van der Waals surface area contributed by atoms with Crippen LogP contribution in [0.1, 0.15) is 36.5 Å². The van der Waals surface area contributed by atoms with Crippen LogP contribution in [0.25, 0.3) is 0 Å². The van der Waals surface area contributed by atoms with Gasteiger partial charge in [-0.1, -0.05) is 12.1 Å². The number of hydrazine groups is 1. The van der Waals surface area contributed by atoms with Crippen LogP contribution in [0.15, 0.2) is 24.3 Å². The smallest absolute Gasteiger partial charge is 0.241 e. The number of rotatable bonds is 6. The van der Waals surface area contributed by atoms with Gasteiger partial charge in [0.1, 0.15) is 18.4 Å². The first-order valence-corrected chi connectivity index (χ1v) is 8.74. The quantitative estimate of drug-likeness (QED) is 0.649. The highest BCUT2D eigenvalue weighted by Gasteiger charge is 2.36. The molecule has 0 aromatic heterocycles. The summed E-state index contributed by atoms with van der Waals surface area (Å²) < 4.78 is 5.76. The van der Waals surface area contributed by atoms with Crippen LogP contribution < -0.4 is 15.6 Å². The number of carbonyl (C=O) groups is 2. The third-order valence-corrected chi connectivity index (χ3v) is 4.84. The average Bonchev–Trinajstić information content (AvgIpc) is 3.28. The number of ketones is 1. The number of benzene rings is 1. The van der Waals surface area contributed by atoms with E-state index in [1.165, 1.54) is 6.92 Å². The van der Waals surface area contributed by atoms with Crippen molar-refractivity contribution >= 4 is 11.7 Å². The molecule has 136 valence electrons. The topological polar surface area (TPSA) is 90.9 Å². The zero-order chi connectivity index (χ0) is 17.8. The Morgan fingerprint density at radius 2 is 2.20 bits per heavy atom. The molecule has 1 amide bonds. The van der Waals surface area contributed by atoms with E-state index in [4.69, 9.17) is 4.74 Å². The number of likely N-dealkylation sites (tertiary alicyclic amines) is 1. The number of hydrogen-bond acceptors (Lipinski definition) is 6. The van der Waals surface area contributed by atoms with Gasteiger partial charge < -0.3 is 14.7 Å². The highest BCUT2D eigenvalue weighted by molar-refractivity contribution is 5.94. The summed E-state index contributed by atoms with van der Waals surface area (Å²) in [6, 6.07) is 6.73. The molecule has 1 aromatic carbocycles. The van der Waals surface area contributed by atoms with Gasteiger partial charge in [0.15, 0.2) is 5.78 Å². The highest BCUT2D eigenvalue weighted by atomic mass is 16.5. The predicted molar refractivity (Wildman–Crippen MR) is 92.2 cm³/mol. The summed E-state index contributed by atoms with van der Waals surface area (Å²) in [7, 11) is 0. The van der Waals surface area contributed by atoms with E-state index in [2.05, 4.69) is 10.9 Å². The lowest BCUT2D eigenvalue weighted by atomic mass is 10.1. The number of ether oxygens (including phenoxy) is 1. The number of nitrogens with one attached hydrogen (secondary N) is 2. The number of hydrogen-bond donors (Lipinski definition) is 3. The Labute approximate surface area is 147 Å². The molecule has 0 spiro atoms. The summed E-state index contributed by atoms with van der Waals surface area (Å²) in [4.78, 5) is 25.8. The fourth-order valence-electron chi connectivity index (χ4n) is 3.41. The molecule has 3 N–H and O–H groups in total. The normalized spacial score (nSPS) is 26.0. The van der Waals surface area contributed by atoms with Gasteiger partial charge in [0.25, 0.3) is 0 Å². The van der Waals surface area contributed by atoms with Gasteiger partial charge in [-0.25, -0.2) is 5.43 Å². The van der Waals surface area contributed by atoms with Gasteiger partial charge in [-0.2, -0.15) is 0 Å². The molecule has 0 saturated carbocycles. The van der Waals surface area contributed by atoms with Crippen LogP contribution in [0, 0.1) is 0 Å². The van der Waals surface area contributed by atoms with Gasteiger partial charge >= 0.3 is 0 Å². The zero-order valence-corrected chi connectivity index (χ0v) is 14.4. The fourth-order valence-corrected chi connectivity index (χ4v) is 3.41. The third kappa shape index (κ3) is 4.18. The van der Waals surface area contributed by atoms with Crippen molar-refractivity contribution in [2.24, 2.45) is 0 Å². The first kappa shape index (κ1) is 17.8. The van der Waals surface area contributed by atoms with Gasteiger partial charge in [-0.05, 0) is 38.3 Å². The van der Waals surface area contributed by atoms with Crippen LogP contribution in [0.2, 0.25) is 0 Å². The minimum Gasteiger partial charge on any atom is -0.492 e. The minimum atomic E-state index is -0.302. The van der Waals surface area contributed by atoms with Crippen LogP contribution in [-0.2, 0) is 4.79 Å². The monoisotopic (exact) mass is 347 g/mol. The maximum Gasteiger partial charge on any atom is 0.241 e. The lowest BCUT2D eigenvalue weighted by Gasteiger charge is -2.25. The summed E-state index contributed by atoms with van der Waals surface area (Å²) in [6.07, 6.45) is 2.43. The molecule has 7 heteroatoms. The molecule has 2 aliphatic heterocycles. The van der Waals surface area contributed by atoms with Gasteiger partial charge in [0, 0.05) is 12.1 Å². The second kappa shape index (κ2) is 7.95. The molecule has 2 aliphatic rings. The molecule has 3 rings (SSSR count). The van der Waals surface area contributed by atoms with Crippen molar-refractivity contribution < 1.29 is 19.4 Å². The largest absolute Gasteiger partial charge is 0.492 e. The summed E-state index contributed by atoms with van der Waals surface area (Å²) in [6.45, 7) is 2.66. The Kier molecular flexibility index (Phi) is 5.67. The van der Waals surface area contributed by atoms with Crippen molar-refractivity contribution in [2.45, 2.75) is 44.3 Å². The van der Waals surface area contributed by atoms with Gasteiger partial charge in [-0.15, -0.1) is 0 Å². The molecular weight excluding hydrogens is 322 g/mol. The van der Waals surface area contributed by atoms with Gasteiger partial charge in [0.05, 0.1) is 18.7 Å². The van der Waals surface area contributed by atoms with E-state index in [-0.39, 0.29) is 36.4 Å². The number of aliphatic hydroxyl groups is 1. The maximum absolute atomic E-state index is 12.6. The highest BCUT2D eigenvalue weighted by Crippen LogP contribution is 2.20. The molecule has 2 saturated heterocycles. The molecule has 0 bridgehead atoms. The molecular formula is C18H25N3O4. The molecule has 1 aromatic rings. The second-order valence-corrected chi connectivity index (χ2v) is 6.68. The van der Waals surface area contributed by atoms with E-state index in [1.807, 2.05) is 6.07 Å². The summed E-state index contributed by atoms with van der Waals surface area (Å²) in [5, 5.41) is 9.38. The van der Waals surface area contributed by atoms with Crippen molar-refractivity contribution in [3.8, 4) is 5.75 Å². The average molecular weight is 347 g/mol. The standard InChI is InChI=1S/C18H25N3O4/c1-12(23)13-4-2-6-16(8-13)25-11-14-9-17(20-19-14)18(24)21-7-3-5-15(21)10-22/h2,4,6,8,14-15,17,19-20,22H,3,5,7,9-11H2,1H3/t14?,15-,17?/m0/s1. The number of carbonyl (C=O) groups excluding carboxylic acids is 2. The van der Waals surface area contributed by atoms with E-state index >= 15 is 0 Å². The van der Waals surface area contributed by atoms with Crippen molar-refractivity contribution in [1.82, 2.24) is 15.8 Å². The number of nitrogens with zero attached hydrogens (tertiary/aromatic N) is 1. The van der Waals surface area contributed by atoms with Crippen molar-refractivity contribution in [3.05, 3.63) is 29.8 Å². The molecule has 0 aliphatic carbocycles. The maximum atomic E-state index is 12.6. The first-order valence-electron chi connectivity index (χ1n) is 8.74. The molecule has 2 fully saturated rings. The second-order valence-electron chi connectivity index (χ2n) is 6.68. The van der Waals surface area contributed by atoms with Crippen molar-refractivity contribution in [1.29, 1.82) is 0 Å². The zero-order valence-electron chi connectivity index (χ0n) is 14.4. The Hall–Kier alpha value is -1.96.